The van der Waals surface area contributed by atoms with Crippen LogP contribution in [0.15, 0.2) is 24.3 Å². The minimum Gasteiger partial charge on any atom is -0.395 e. The number of anilines is 1. The Kier molecular flexibility index (Phi) is 3.43. The Morgan fingerprint density at radius 2 is 2.14 bits per heavy atom. The van der Waals surface area contributed by atoms with E-state index in [9.17, 15) is 12.8 Å². The van der Waals surface area contributed by atoms with Crippen molar-refractivity contribution in [3.05, 3.63) is 30.1 Å². The van der Waals surface area contributed by atoms with E-state index in [0.29, 0.717) is 0 Å². The van der Waals surface area contributed by atoms with Crippen LogP contribution in [-0.2, 0) is 10.0 Å². The number of hydrogen-bond acceptors (Lipinski definition) is 3. The Morgan fingerprint density at radius 3 is 2.71 bits per heavy atom. The number of halogens is 1. The third-order valence-corrected chi connectivity index (χ3v) is 2.72. The monoisotopic (exact) mass is 219 g/mol. The van der Waals surface area contributed by atoms with Gasteiger partial charge in [0.05, 0.1) is 18.0 Å². The third-order valence-electron chi connectivity index (χ3n) is 1.46. The van der Waals surface area contributed by atoms with E-state index < -0.39 is 28.2 Å². The lowest BCUT2D eigenvalue weighted by Crippen LogP contribution is -2.18. The lowest BCUT2D eigenvalue weighted by molar-refractivity contribution is 0.320. The molecule has 1 rings (SSSR count). The highest BCUT2D eigenvalue weighted by molar-refractivity contribution is 7.92. The summed E-state index contributed by atoms with van der Waals surface area (Å²) in [5.74, 6) is -0.919. The zero-order valence-corrected chi connectivity index (χ0v) is 8.09. The number of benzene rings is 1. The molecule has 0 spiro atoms. The normalized spacial score (nSPS) is 11.3. The van der Waals surface area contributed by atoms with Crippen molar-refractivity contribution in [1.82, 2.24) is 0 Å². The number of aliphatic hydroxyl groups excluding tert-OH is 1. The van der Waals surface area contributed by atoms with Gasteiger partial charge < -0.3 is 5.11 Å². The lowest BCUT2D eigenvalue weighted by Gasteiger charge is -2.05. The highest BCUT2D eigenvalue weighted by Crippen LogP contribution is 2.10. The maximum absolute atomic E-state index is 12.6. The summed E-state index contributed by atoms with van der Waals surface area (Å²) in [5.41, 5.74) is 0.151. The first-order valence-corrected chi connectivity index (χ1v) is 5.55. The molecule has 14 heavy (non-hydrogen) atoms. The molecule has 0 saturated heterocycles. The molecule has 6 heteroatoms. The summed E-state index contributed by atoms with van der Waals surface area (Å²) in [6.07, 6.45) is 0. The highest BCUT2D eigenvalue weighted by atomic mass is 32.2. The molecule has 0 amide bonds. The van der Waals surface area contributed by atoms with E-state index in [1.165, 1.54) is 18.2 Å². The molecular formula is C8H10FNO3S. The largest absolute Gasteiger partial charge is 0.395 e. The first-order chi connectivity index (χ1) is 6.53. The second-order valence-electron chi connectivity index (χ2n) is 2.65. The van der Waals surface area contributed by atoms with E-state index in [2.05, 4.69) is 4.72 Å². The predicted octanol–water partition coefficient (Wildman–Crippen LogP) is 0.560. The van der Waals surface area contributed by atoms with Crippen molar-refractivity contribution in [2.24, 2.45) is 0 Å². The minimum absolute atomic E-state index is 0.151. The third kappa shape index (κ3) is 3.31. The van der Waals surface area contributed by atoms with Gasteiger partial charge in [-0.2, -0.15) is 0 Å². The summed E-state index contributed by atoms with van der Waals surface area (Å²) in [5, 5.41) is 8.44. The Labute approximate surface area is 81.4 Å². The van der Waals surface area contributed by atoms with E-state index in [0.717, 1.165) is 6.07 Å². The number of rotatable bonds is 4. The molecule has 1 aromatic carbocycles. The molecule has 4 nitrogen and oxygen atoms in total. The first kappa shape index (κ1) is 10.9. The van der Waals surface area contributed by atoms with Gasteiger partial charge in [0.2, 0.25) is 10.0 Å². The smallest absolute Gasteiger partial charge is 0.234 e. The van der Waals surface area contributed by atoms with Gasteiger partial charge in [0, 0.05) is 0 Å². The molecule has 0 aromatic heterocycles. The molecule has 0 bridgehead atoms. The van der Waals surface area contributed by atoms with Gasteiger partial charge in [-0.05, 0) is 18.2 Å². The maximum Gasteiger partial charge on any atom is 0.234 e. The standard InChI is InChI=1S/C8H10FNO3S/c9-7-2-1-3-8(6-7)10-14(12,13)5-4-11/h1-3,6,10-11H,4-5H2. The van der Waals surface area contributed by atoms with Crippen LogP contribution in [0.25, 0.3) is 0 Å². The number of hydrogen-bond donors (Lipinski definition) is 2. The van der Waals surface area contributed by atoms with E-state index in [1.807, 2.05) is 0 Å². The van der Waals surface area contributed by atoms with Crippen LogP contribution in [0, 0.1) is 5.82 Å². The van der Waals surface area contributed by atoms with Crippen LogP contribution in [0.4, 0.5) is 10.1 Å². The molecule has 0 heterocycles. The van der Waals surface area contributed by atoms with Crippen molar-refractivity contribution in [2.75, 3.05) is 17.1 Å². The predicted molar refractivity (Wildman–Crippen MR) is 50.9 cm³/mol. The van der Waals surface area contributed by atoms with Crippen LogP contribution < -0.4 is 4.72 Å². The first-order valence-electron chi connectivity index (χ1n) is 3.90. The van der Waals surface area contributed by atoms with Gasteiger partial charge in [0.1, 0.15) is 5.82 Å². The molecule has 0 aliphatic heterocycles. The average molecular weight is 219 g/mol. The maximum atomic E-state index is 12.6. The van der Waals surface area contributed by atoms with Crippen molar-refractivity contribution in [3.8, 4) is 0 Å². The van der Waals surface area contributed by atoms with Gasteiger partial charge in [-0.3, -0.25) is 4.72 Å². The molecule has 0 saturated carbocycles. The summed E-state index contributed by atoms with van der Waals surface area (Å²) < 4.78 is 37.0. The Hall–Kier alpha value is -1.14. The fraction of sp³-hybridized carbons (Fsp3) is 0.250. The SMILES string of the molecule is O=S(=O)(CCO)Nc1cccc(F)c1. The molecular weight excluding hydrogens is 209 g/mol. The van der Waals surface area contributed by atoms with E-state index in [4.69, 9.17) is 5.11 Å². The second kappa shape index (κ2) is 4.39. The van der Waals surface area contributed by atoms with Crippen LogP contribution in [0.1, 0.15) is 0 Å². The Bertz CT molecular complexity index is 405. The molecule has 0 atom stereocenters. The summed E-state index contributed by atoms with van der Waals surface area (Å²) in [6, 6.07) is 5.10. The van der Waals surface area contributed by atoms with Crippen LogP contribution in [0.3, 0.4) is 0 Å². The molecule has 0 aliphatic carbocycles. The molecule has 1 aromatic rings. The van der Waals surface area contributed by atoms with Crippen molar-refractivity contribution in [2.45, 2.75) is 0 Å². The fourth-order valence-corrected chi connectivity index (χ4v) is 1.73. The van der Waals surface area contributed by atoms with Gasteiger partial charge in [-0.15, -0.1) is 0 Å². The van der Waals surface area contributed by atoms with Crippen molar-refractivity contribution >= 4 is 15.7 Å². The average Bonchev–Trinajstić information content (AvgIpc) is 2.02. The van der Waals surface area contributed by atoms with E-state index in [1.54, 1.807) is 0 Å². The summed E-state index contributed by atoms with van der Waals surface area (Å²) in [7, 11) is -3.57. The highest BCUT2D eigenvalue weighted by Gasteiger charge is 2.08. The minimum atomic E-state index is -3.57. The fourth-order valence-electron chi connectivity index (χ4n) is 0.903. The van der Waals surface area contributed by atoms with E-state index in [-0.39, 0.29) is 5.69 Å². The van der Waals surface area contributed by atoms with Gasteiger partial charge in [-0.25, -0.2) is 12.8 Å². The summed E-state index contributed by atoms with van der Waals surface area (Å²) in [4.78, 5) is 0. The van der Waals surface area contributed by atoms with Crippen LogP contribution >= 0.6 is 0 Å². The topological polar surface area (TPSA) is 66.4 Å². The number of aliphatic hydroxyl groups is 1. The number of sulfonamides is 1. The quantitative estimate of drug-likeness (QED) is 0.777. The summed E-state index contributed by atoms with van der Waals surface area (Å²) >= 11 is 0. The summed E-state index contributed by atoms with van der Waals surface area (Å²) in [6.45, 7) is -0.468. The van der Waals surface area contributed by atoms with Gasteiger partial charge in [0.25, 0.3) is 0 Å². The van der Waals surface area contributed by atoms with E-state index >= 15 is 0 Å². The van der Waals surface area contributed by atoms with Crippen LogP contribution in [0.2, 0.25) is 0 Å². The number of nitrogens with one attached hydrogen (secondary N) is 1. The van der Waals surface area contributed by atoms with Crippen LogP contribution in [-0.4, -0.2) is 25.9 Å². The van der Waals surface area contributed by atoms with Gasteiger partial charge in [0.15, 0.2) is 0 Å². The molecule has 2 N–H and O–H groups in total. The molecule has 0 unspecified atom stereocenters. The van der Waals surface area contributed by atoms with Crippen molar-refractivity contribution in [3.63, 3.8) is 0 Å². The second-order valence-corrected chi connectivity index (χ2v) is 4.50. The Balaban J connectivity index is 2.79. The van der Waals surface area contributed by atoms with Gasteiger partial charge >= 0.3 is 0 Å². The molecule has 0 fully saturated rings. The Morgan fingerprint density at radius 1 is 1.43 bits per heavy atom. The van der Waals surface area contributed by atoms with Crippen LogP contribution in [0.5, 0.6) is 0 Å². The van der Waals surface area contributed by atoms with Crippen molar-refractivity contribution < 1.29 is 17.9 Å². The van der Waals surface area contributed by atoms with Gasteiger partial charge in [-0.1, -0.05) is 6.07 Å². The lowest BCUT2D eigenvalue weighted by atomic mass is 10.3. The molecule has 78 valence electrons. The zero-order chi connectivity index (χ0) is 10.6. The zero-order valence-electron chi connectivity index (χ0n) is 7.27. The molecule has 0 radical (unpaired) electrons. The van der Waals surface area contributed by atoms with Crippen molar-refractivity contribution in [1.29, 1.82) is 0 Å². The molecule has 0 aliphatic rings.